The molecule has 0 unspecified atom stereocenters. The molecule has 0 radical (unpaired) electrons. The normalized spacial score (nSPS) is 10.6. The number of anilines is 1. The van der Waals surface area contributed by atoms with Gasteiger partial charge in [-0.2, -0.15) is 5.10 Å². The van der Waals surface area contributed by atoms with Crippen LogP contribution in [0.15, 0.2) is 30.3 Å². The van der Waals surface area contributed by atoms with E-state index < -0.39 is 0 Å². The molecule has 22 heavy (non-hydrogen) atoms. The number of carbonyl (C=O) groups excluding carboxylic acids is 1. The fraction of sp³-hybridized carbons (Fsp3) is 0.412. The lowest BCUT2D eigenvalue weighted by atomic mass is 10.1. The van der Waals surface area contributed by atoms with Crippen LogP contribution in [0.3, 0.4) is 0 Å². The summed E-state index contributed by atoms with van der Waals surface area (Å²) in [5, 5.41) is 7.35. The molecule has 1 aromatic heterocycles. The van der Waals surface area contributed by atoms with Crippen LogP contribution in [0.2, 0.25) is 0 Å². The predicted octanol–water partition coefficient (Wildman–Crippen LogP) is 2.22. The van der Waals surface area contributed by atoms with Gasteiger partial charge in [-0.1, -0.05) is 18.2 Å². The number of hydrogen-bond donors (Lipinski definition) is 2. The summed E-state index contributed by atoms with van der Waals surface area (Å²) in [6, 6.07) is 9.73. The van der Waals surface area contributed by atoms with Gasteiger partial charge in [-0.05, 0) is 44.4 Å². The van der Waals surface area contributed by atoms with E-state index in [1.54, 1.807) is 0 Å². The van der Waals surface area contributed by atoms with E-state index in [1.807, 2.05) is 42.8 Å². The average molecular weight is 300 g/mol. The van der Waals surface area contributed by atoms with Gasteiger partial charge >= 0.3 is 0 Å². The molecule has 1 heterocycles. The minimum atomic E-state index is 0.0663. The van der Waals surface area contributed by atoms with Gasteiger partial charge in [0.2, 0.25) is 5.91 Å². The molecule has 0 saturated heterocycles. The third-order valence-electron chi connectivity index (χ3n) is 3.65. The number of para-hydroxylation sites is 1. The molecule has 2 aromatic rings. The molecule has 0 atom stereocenters. The van der Waals surface area contributed by atoms with E-state index in [2.05, 4.69) is 16.5 Å². The van der Waals surface area contributed by atoms with E-state index in [-0.39, 0.29) is 5.91 Å². The van der Waals surface area contributed by atoms with Gasteiger partial charge < -0.3 is 11.1 Å². The van der Waals surface area contributed by atoms with Crippen LogP contribution in [0.25, 0.3) is 0 Å². The number of rotatable bonds is 7. The lowest BCUT2D eigenvalue weighted by Crippen LogP contribution is -2.25. The van der Waals surface area contributed by atoms with Crippen molar-refractivity contribution in [3.05, 3.63) is 47.3 Å². The first kappa shape index (κ1) is 16.1. The second kappa shape index (κ2) is 7.64. The number of nitrogens with two attached hydrogens (primary N) is 1. The van der Waals surface area contributed by atoms with Crippen LogP contribution < -0.4 is 11.1 Å². The Morgan fingerprint density at radius 1 is 1.32 bits per heavy atom. The van der Waals surface area contributed by atoms with Crippen molar-refractivity contribution in [1.82, 2.24) is 15.1 Å². The molecule has 0 spiro atoms. The maximum absolute atomic E-state index is 11.8. The molecular weight excluding hydrogens is 276 g/mol. The molecule has 5 nitrogen and oxygen atoms in total. The maximum atomic E-state index is 11.8. The monoisotopic (exact) mass is 300 g/mol. The summed E-state index contributed by atoms with van der Waals surface area (Å²) in [5.74, 6) is 0.0663. The van der Waals surface area contributed by atoms with Gasteiger partial charge in [-0.3, -0.25) is 9.48 Å². The van der Waals surface area contributed by atoms with Gasteiger partial charge in [0.1, 0.15) is 0 Å². The van der Waals surface area contributed by atoms with Crippen LogP contribution in [-0.2, 0) is 17.8 Å². The van der Waals surface area contributed by atoms with Crippen molar-refractivity contribution in [2.45, 2.75) is 39.7 Å². The molecule has 0 saturated carbocycles. The van der Waals surface area contributed by atoms with Gasteiger partial charge in [0.25, 0.3) is 0 Å². The first-order chi connectivity index (χ1) is 10.6. The summed E-state index contributed by atoms with van der Waals surface area (Å²) >= 11 is 0. The Labute approximate surface area is 131 Å². The summed E-state index contributed by atoms with van der Waals surface area (Å²) in [7, 11) is 0. The van der Waals surface area contributed by atoms with Crippen molar-refractivity contribution in [1.29, 1.82) is 0 Å². The topological polar surface area (TPSA) is 72.9 Å². The minimum absolute atomic E-state index is 0.0663. The summed E-state index contributed by atoms with van der Waals surface area (Å²) in [6.45, 7) is 5.52. The summed E-state index contributed by atoms with van der Waals surface area (Å²) in [5.41, 5.74) is 9.83. The molecule has 0 aliphatic carbocycles. The largest absolute Gasteiger partial charge is 0.399 e. The summed E-state index contributed by atoms with van der Waals surface area (Å²) in [6.07, 6.45) is 2.02. The molecule has 1 amide bonds. The zero-order chi connectivity index (χ0) is 15.9. The van der Waals surface area contributed by atoms with Crippen molar-refractivity contribution in [3.63, 3.8) is 0 Å². The van der Waals surface area contributed by atoms with Gasteiger partial charge in [-0.25, -0.2) is 0 Å². The zero-order valence-electron chi connectivity index (χ0n) is 13.3. The lowest BCUT2D eigenvalue weighted by molar-refractivity contribution is -0.121. The second-order valence-corrected chi connectivity index (χ2v) is 5.55. The van der Waals surface area contributed by atoms with Crippen molar-refractivity contribution in [3.8, 4) is 0 Å². The van der Waals surface area contributed by atoms with Crippen LogP contribution in [0.4, 0.5) is 5.69 Å². The van der Waals surface area contributed by atoms with E-state index in [9.17, 15) is 4.79 Å². The molecule has 2 rings (SSSR count). The fourth-order valence-corrected chi connectivity index (χ4v) is 2.46. The third-order valence-corrected chi connectivity index (χ3v) is 3.65. The number of benzene rings is 1. The Balaban J connectivity index is 1.66. The molecule has 0 aliphatic heterocycles. The Bertz CT molecular complexity index is 633. The van der Waals surface area contributed by atoms with Crippen molar-refractivity contribution >= 4 is 11.6 Å². The molecule has 118 valence electrons. The Hall–Kier alpha value is -2.30. The molecule has 1 aromatic carbocycles. The Morgan fingerprint density at radius 2 is 2.09 bits per heavy atom. The average Bonchev–Trinajstić information content (AvgIpc) is 2.81. The highest BCUT2D eigenvalue weighted by molar-refractivity contribution is 5.76. The van der Waals surface area contributed by atoms with Crippen LogP contribution in [0.5, 0.6) is 0 Å². The maximum Gasteiger partial charge on any atom is 0.220 e. The van der Waals surface area contributed by atoms with Gasteiger partial charge in [-0.15, -0.1) is 0 Å². The number of nitrogen functional groups attached to an aromatic ring is 1. The second-order valence-electron chi connectivity index (χ2n) is 5.55. The standard InChI is InChI=1S/C17H24N4O/c1-13-12-14(2)21(20-13)11-5-10-19-17(22)9-8-15-6-3-4-7-16(15)18/h3-4,6-7,12H,5,8-11,18H2,1-2H3,(H,19,22). The first-order valence-corrected chi connectivity index (χ1v) is 7.67. The van der Waals surface area contributed by atoms with Gasteiger partial charge in [0, 0.05) is 30.9 Å². The van der Waals surface area contributed by atoms with E-state index >= 15 is 0 Å². The zero-order valence-corrected chi connectivity index (χ0v) is 13.3. The van der Waals surface area contributed by atoms with Crippen LogP contribution in [0.1, 0.15) is 29.8 Å². The lowest BCUT2D eigenvalue weighted by Gasteiger charge is -2.08. The molecule has 0 fully saturated rings. The highest BCUT2D eigenvalue weighted by Gasteiger charge is 2.05. The van der Waals surface area contributed by atoms with Crippen molar-refractivity contribution < 1.29 is 4.79 Å². The van der Waals surface area contributed by atoms with E-state index in [0.717, 1.165) is 35.6 Å². The highest BCUT2D eigenvalue weighted by atomic mass is 16.1. The van der Waals surface area contributed by atoms with Crippen LogP contribution in [-0.4, -0.2) is 22.2 Å². The summed E-state index contributed by atoms with van der Waals surface area (Å²) in [4.78, 5) is 11.8. The molecule has 5 heteroatoms. The number of carbonyl (C=O) groups is 1. The van der Waals surface area contributed by atoms with Crippen LogP contribution in [0, 0.1) is 13.8 Å². The fourth-order valence-electron chi connectivity index (χ4n) is 2.46. The number of aromatic nitrogens is 2. The highest BCUT2D eigenvalue weighted by Crippen LogP contribution is 2.12. The molecular formula is C17H24N4O. The molecule has 0 aliphatic rings. The third kappa shape index (κ3) is 4.62. The predicted molar refractivity (Wildman–Crippen MR) is 88.5 cm³/mol. The van der Waals surface area contributed by atoms with Gasteiger partial charge in [0.15, 0.2) is 0 Å². The van der Waals surface area contributed by atoms with Crippen molar-refractivity contribution in [2.75, 3.05) is 12.3 Å². The number of nitrogens with one attached hydrogen (secondary N) is 1. The quantitative estimate of drug-likeness (QED) is 0.608. The Morgan fingerprint density at radius 3 is 2.77 bits per heavy atom. The van der Waals surface area contributed by atoms with Gasteiger partial charge in [0.05, 0.1) is 5.69 Å². The van der Waals surface area contributed by atoms with Crippen LogP contribution >= 0.6 is 0 Å². The Kier molecular flexibility index (Phi) is 5.58. The number of aryl methyl sites for hydroxylation is 4. The smallest absolute Gasteiger partial charge is 0.220 e. The SMILES string of the molecule is Cc1cc(C)n(CCCNC(=O)CCc2ccccc2N)n1. The molecule has 3 N–H and O–H groups in total. The molecule has 0 bridgehead atoms. The van der Waals surface area contributed by atoms with E-state index in [0.29, 0.717) is 19.4 Å². The number of nitrogens with zero attached hydrogens (tertiary/aromatic N) is 2. The van der Waals surface area contributed by atoms with E-state index in [1.165, 1.54) is 0 Å². The van der Waals surface area contributed by atoms with E-state index in [4.69, 9.17) is 5.73 Å². The van der Waals surface area contributed by atoms with Crippen molar-refractivity contribution in [2.24, 2.45) is 0 Å². The number of hydrogen-bond acceptors (Lipinski definition) is 3. The minimum Gasteiger partial charge on any atom is -0.399 e. The number of amides is 1. The summed E-state index contributed by atoms with van der Waals surface area (Å²) < 4.78 is 1.98. The first-order valence-electron chi connectivity index (χ1n) is 7.67.